The first kappa shape index (κ1) is 21.6. The van der Waals surface area contributed by atoms with Crippen LogP contribution in [-0.2, 0) is 30.8 Å². The Bertz CT molecular complexity index is 1420. The van der Waals surface area contributed by atoms with Crippen LogP contribution in [0.25, 0.3) is 0 Å². The van der Waals surface area contributed by atoms with Gasteiger partial charge >= 0.3 is 0 Å². The number of anilines is 2. The zero-order valence-electron chi connectivity index (χ0n) is 17.5. The Morgan fingerprint density at radius 3 is 2.42 bits per heavy atom. The molecule has 1 fully saturated rings. The van der Waals surface area contributed by atoms with Crippen LogP contribution in [0, 0.1) is 12.7 Å². The molecule has 0 bridgehead atoms. The van der Waals surface area contributed by atoms with Crippen molar-refractivity contribution >= 4 is 44.6 Å². The molecule has 0 N–H and O–H groups in total. The summed E-state index contributed by atoms with van der Waals surface area (Å²) < 4.78 is 40.5. The Morgan fingerprint density at radius 1 is 1.03 bits per heavy atom. The SMILES string of the molecule is Cc1ccc(N2C(=O)CS(=O)(=O)C23C(=O)N(Cc2ccc(F)cc2)c2ccccc23)cc1Cl. The third kappa shape index (κ3) is 3.01. The van der Waals surface area contributed by atoms with Crippen molar-refractivity contribution in [3.05, 3.63) is 94.3 Å². The van der Waals surface area contributed by atoms with E-state index in [-0.39, 0.29) is 17.8 Å². The number of hydrogen-bond donors (Lipinski definition) is 0. The minimum Gasteiger partial charge on any atom is -0.304 e. The molecule has 3 aromatic carbocycles. The van der Waals surface area contributed by atoms with E-state index in [1.165, 1.54) is 35.2 Å². The highest BCUT2D eigenvalue weighted by atomic mass is 35.5. The first-order valence-corrected chi connectivity index (χ1v) is 12.2. The fourth-order valence-electron chi connectivity index (χ4n) is 4.54. The number of sulfone groups is 1. The summed E-state index contributed by atoms with van der Waals surface area (Å²) in [6.45, 7) is 1.80. The fraction of sp³-hybridized carbons (Fsp3) is 0.167. The van der Waals surface area contributed by atoms with Crippen molar-refractivity contribution in [1.29, 1.82) is 0 Å². The summed E-state index contributed by atoms with van der Waals surface area (Å²) in [6.07, 6.45) is 0. The number of nitrogens with zero attached hydrogens (tertiary/aromatic N) is 2. The van der Waals surface area contributed by atoms with Crippen LogP contribution in [0.4, 0.5) is 15.8 Å². The third-order valence-electron chi connectivity index (χ3n) is 6.09. The van der Waals surface area contributed by atoms with Crippen LogP contribution in [0.5, 0.6) is 0 Å². The lowest BCUT2D eigenvalue weighted by molar-refractivity contribution is -0.123. The molecule has 1 atom stereocenters. The molecule has 0 aromatic heterocycles. The monoisotopic (exact) mass is 484 g/mol. The van der Waals surface area contributed by atoms with Gasteiger partial charge in [-0.2, -0.15) is 0 Å². The number of hydrogen-bond acceptors (Lipinski definition) is 4. The number of fused-ring (bicyclic) bond motifs is 2. The van der Waals surface area contributed by atoms with Crippen molar-refractivity contribution in [3.8, 4) is 0 Å². The summed E-state index contributed by atoms with van der Waals surface area (Å²) in [6, 6.07) is 16.9. The lowest BCUT2D eigenvalue weighted by Gasteiger charge is -2.32. The van der Waals surface area contributed by atoms with E-state index < -0.39 is 38.1 Å². The molecule has 3 aromatic rings. The smallest absolute Gasteiger partial charge is 0.274 e. The van der Waals surface area contributed by atoms with Gasteiger partial charge < -0.3 is 4.90 Å². The number of rotatable bonds is 3. The molecule has 2 amide bonds. The van der Waals surface area contributed by atoms with Gasteiger partial charge in [-0.1, -0.05) is 48.0 Å². The largest absolute Gasteiger partial charge is 0.304 e. The van der Waals surface area contributed by atoms with Gasteiger partial charge in [0.15, 0.2) is 9.84 Å². The van der Waals surface area contributed by atoms with E-state index in [0.29, 0.717) is 16.3 Å². The number of aryl methyl sites for hydroxylation is 1. The van der Waals surface area contributed by atoms with Gasteiger partial charge in [-0.15, -0.1) is 0 Å². The average molecular weight is 485 g/mol. The third-order valence-corrected chi connectivity index (χ3v) is 8.60. The maximum absolute atomic E-state index is 14.0. The van der Waals surface area contributed by atoms with Gasteiger partial charge in [-0.05, 0) is 48.4 Å². The van der Waals surface area contributed by atoms with E-state index in [4.69, 9.17) is 11.6 Å². The van der Waals surface area contributed by atoms with Gasteiger partial charge in [0, 0.05) is 16.3 Å². The molecular formula is C24H18ClFN2O4S. The van der Waals surface area contributed by atoms with Crippen molar-refractivity contribution in [1.82, 2.24) is 0 Å². The van der Waals surface area contributed by atoms with Crippen molar-refractivity contribution in [2.45, 2.75) is 18.3 Å². The summed E-state index contributed by atoms with van der Waals surface area (Å²) >= 11 is 6.28. The van der Waals surface area contributed by atoms with Crippen LogP contribution in [0.1, 0.15) is 16.7 Å². The number of benzene rings is 3. The Kier molecular flexibility index (Phi) is 4.84. The van der Waals surface area contributed by atoms with E-state index in [9.17, 15) is 22.4 Å². The topological polar surface area (TPSA) is 74.8 Å². The van der Waals surface area contributed by atoms with E-state index in [1.807, 2.05) is 0 Å². The molecule has 6 nitrogen and oxygen atoms in total. The molecule has 5 rings (SSSR count). The lowest BCUT2D eigenvalue weighted by Crippen LogP contribution is -2.54. The molecular weight excluding hydrogens is 467 g/mol. The molecule has 1 saturated heterocycles. The Morgan fingerprint density at radius 2 is 1.73 bits per heavy atom. The van der Waals surface area contributed by atoms with Gasteiger partial charge in [0.1, 0.15) is 11.6 Å². The molecule has 168 valence electrons. The summed E-state index contributed by atoms with van der Waals surface area (Å²) in [5, 5.41) is 0.349. The highest BCUT2D eigenvalue weighted by molar-refractivity contribution is 7.94. The van der Waals surface area contributed by atoms with Crippen molar-refractivity contribution in [3.63, 3.8) is 0 Å². The molecule has 2 aliphatic heterocycles. The second-order valence-corrected chi connectivity index (χ2v) is 10.6. The van der Waals surface area contributed by atoms with Gasteiger partial charge in [0.2, 0.25) is 5.91 Å². The molecule has 2 heterocycles. The number of carbonyl (C=O) groups excluding carboxylic acids is 2. The summed E-state index contributed by atoms with van der Waals surface area (Å²) in [7, 11) is -4.27. The molecule has 33 heavy (non-hydrogen) atoms. The Balaban J connectivity index is 1.73. The maximum Gasteiger partial charge on any atom is 0.274 e. The van der Waals surface area contributed by atoms with E-state index in [1.54, 1.807) is 43.3 Å². The second-order valence-electron chi connectivity index (χ2n) is 8.10. The highest BCUT2D eigenvalue weighted by Crippen LogP contribution is 2.53. The molecule has 0 aliphatic carbocycles. The van der Waals surface area contributed by atoms with Crippen LogP contribution in [0.2, 0.25) is 5.02 Å². The van der Waals surface area contributed by atoms with E-state index in [0.717, 1.165) is 10.5 Å². The molecule has 1 unspecified atom stereocenters. The molecule has 1 spiro atoms. The zero-order valence-corrected chi connectivity index (χ0v) is 19.0. The van der Waals surface area contributed by atoms with Gasteiger partial charge in [0.25, 0.3) is 10.8 Å². The van der Waals surface area contributed by atoms with Gasteiger partial charge in [-0.25, -0.2) is 12.8 Å². The Hall–Kier alpha value is -3.23. The standard InChI is InChI=1S/C24H18ClFN2O4S/c1-15-6-11-18(12-20(15)25)28-22(29)14-33(31,32)24(28)19-4-2-3-5-21(19)27(23(24)30)13-16-7-9-17(26)10-8-16/h2-12H,13-14H2,1H3. The molecule has 2 aliphatic rings. The van der Waals surface area contributed by atoms with Crippen LogP contribution in [0.3, 0.4) is 0 Å². The zero-order chi connectivity index (χ0) is 23.5. The van der Waals surface area contributed by atoms with Crippen LogP contribution >= 0.6 is 11.6 Å². The Labute approximate surface area is 195 Å². The second kappa shape index (κ2) is 7.40. The minimum atomic E-state index is -4.27. The number of amides is 2. The molecule has 0 radical (unpaired) electrons. The van der Waals surface area contributed by atoms with Crippen molar-refractivity contribution in [2.75, 3.05) is 15.6 Å². The number of carbonyl (C=O) groups is 2. The van der Waals surface area contributed by atoms with E-state index >= 15 is 0 Å². The summed E-state index contributed by atoms with van der Waals surface area (Å²) in [5.41, 5.74) is 2.18. The summed E-state index contributed by atoms with van der Waals surface area (Å²) in [5.74, 6) is -2.68. The number of para-hydroxylation sites is 1. The van der Waals surface area contributed by atoms with Crippen LogP contribution < -0.4 is 9.80 Å². The quantitative estimate of drug-likeness (QED) is 0.564. The fourth-order valence-corrected chi connectivity index (χ4v) is 6.75. The van der Waals surface area contributed by atoms with Crippen molar-refractivity contribution in [2.24, 2.45) is 0 Å². The predicted molar refractivity (Wildman–Crippen MR) is 123 cm³/mol. The van der Waals surface area contributed by atoms with Crippen LogP contribution in [-0.4, -0.2) is 26.0 Å². The molecule has 0 saturated carbocycles. The van der Waals surface area contributed by atoms with Gasteiger partial charge in [-0.3, -0.25) is 14.5 Å². The van der Waals surface area contributed by atoms with Gasteiger partial charge in [0.05, 0.1) is 12.2 Å². The normalized spacial score (nSPS) is 21.2. The first-order chi connectivity index (χ1) is 15.7. The minimum absolute atomic E-state index is 0.0179. The van der Waals surface area contributed by atoms with Crippen molar-refractivity contribution < 1.29 is 22.4 Å². The van der Waals surface area contributed by atoms with E-state index in [2.05, 4.69) is 0 Å². The highest BCUT2D eigenvalue weighted by Gasteiger charge is 2.69. The first-order valence-electron chi connectivity index (χ1n) is 10.1. The average Bonchev–Trinajstić information content (AvgIpc) is 3.14. The lowest BCUT2D eigenvalue weighted by atomic mass is 10.0. The maximum atomic E-state index is 14.0. The van der Waals surface area contributed by atoms with Crippen LogP contribution in [0.15, 0.2) is 66.7 Å². The summed E-state index contributed by atoms with van der Waals surface area (Å²) in [4.78, 5) is 27.3. The predicted octanol–water partition coefficient (Wildman–Crippen LogP) is 3.95. The molecule has 9 heteroatoms. The number of halogens is 2.